The normalized spacial score (nSPS) is 25.4. The van der Waals surface area contributed by atoms with Crippen molar-refractivity contribution in [1.82, 2.24) is 19.5 Å². The lowest BCUT2D eigenvalue weighted by molar-refractivity contribution is -0.102. The van der Waals surface area contributed by atoms with E-state index < -0.39 is 36.8 Å². The van der Waals surface area contributed by atoms with Crippen molar-refractivity contribution in [3.63, 3.8) is 0 Å². The van der Waals surface area contributed by atoms with Crippen LogP contribution in [-0.2, 0) is 4.74 Å². The van der Waals surface area contributed by atoms with Gasteiger partial charge in [-0.05, 0) is 0 Å². The van der Waals surface area contributed by atoms with E-state index >= 15 is 0 Å². The van der Waals surface area contributed by atoms with E-state index in [9.17, 15) is 13.6 Å². The van der Waals surface area contributed by atoms with E-state index in [0.29, 0.717) is 0 Å². The molecule has 0 radical (unpaired) electrons. The van der Waals surface area contributed by atoms with Crippen molar-refractivity contribution in [1.29, 1.82) is 0 Å². The first-order valence-corrected chi connectivity index (χ1v) is 5.79. The lowest BCUT2D eigenvalue weighted by Crippen LogP contribution is -2.31. The van der Waals surface area contributed by atoms with Crippen LogP contribution in [0.5, 0.6) is 0 Å². The molecule has 2 aromatic rings. The van der Waals surface area contributed by atoms with Crippen molar-refractivity contribution in [2.24, 2.45) is 0 Å². The Morgan fingerprint density at radius 2 is 2.40 bits per heavy atom. The molecule has 1 aliphatic heterocycles. The second-order valence-corrected chi connectivity index (χ2v) is 4.47. The van der Waals surface area contributed by atoms with E-state index in [-0.39, 0.29) is 17.1 Å². The van der Waals surface area contributed by atoms with E-state index in [1.54, 1.807) is 0 Å². The molecular weight excluding hydrogens is 276 g/mol. The van der Waals surface area contributed by atoms with Gasteiger partial charge in [-0.1, -0.05) is 0 Å². The van der Waals surface area contributed by atoms with E-state index in [2.05, 4.69) is 15.0 Å². The number of aromatic amines is 1. The molecule has 4 N–H and O–H groups in total. The summed E-state index contributed by atoms with van der Waals surface area (Å²) in [5.41, 5.74) is 5.12. The number of imidazole rings is 1. The highest BCUT2D eigenvalue weighted by Gasteiger charge is 2.51. The summed E-state index contributed by atoms with van der Waals surface area (Å²) in [4.78, 5) is 22.4. The second kappa shape index (κ2) is 4.21. The molecule has 2 aromatic heterocycles. The zero-order valence-electron chi connectivity index (χ0n) is 10.1. The highest BCUT2D eigenvalue weighted by atomic mass is 19.3. The molecule has 0 unspecified atom stereocenters. The lowest BCUT2D eigenvalue weighted by Gasteiger charge is -2.15. The Labute approximate surface area is 110 Å². The third-order valence-corrected chi connectivity index (χ3v) is 3.21. The SMILES string of the molecule is Nc1nc2nc[nH]c2c(=O)n1[C@H]1CC(F)(F)[C@@H](CO)O1. The molecule has 2 atom stereocenters. The number of alkyl halides is 2. The number of aliphatic hydroxyl groups is 1. The predicted molar refractivity (Wildman–Crippen MR) is 63.1 cm³/mol. The number of aliphatic hydroxyl groups excluding tert-OH is 1. The molecule has 0 aromatic carbocycles. The first-order valence-electron chi connectivity index (χ1n) is 5.79. The summed E-state index contributed by atoms with van der Waals surface area (Å²) in [5, 5.41) is 8.89. The molecule has 1 saturated heterocycles. The van der Waals surface area contributed by atoms with Crippen LogP contribution in [0.25, 0.3) is 11.2 Å². The number of hydrogen-bond donors (Lipinski definition) is 3. The number of hydrogen-bond acceptors (Lipinski definition) is 6. The highest BCUT2D eigenvalue weighted by Crippen LogP contribution is 2.40. The quantitative estimate of drug-likeness (QED) is 0.692. The molecule has 3 heterocycles. The van der Waals surface area contributed by atoms with Crippen molar-refractivity contribution in [2.45, 2.75) is 24.7 Å². The van der Waals surface area contributed by atoms with E-state index in [0.717, 1.165) is 4.57 Å². The predicted octanol–water partition coefficient (Wildman–Crippen LogP) is -0.383. The molecule has 0 spiro atoms. The fourth-order valence-corrected chi connectivity index (χ4v) is 2.22. The topological polar surface area (TPSA) is 119 Å². The summed E-state index contributed by atoms with van der Waals surface area (Å²) in [6.45, 7) is -0.849. The van der Waals surface area contributed by atoms with Crippen LogP contribution in [0.1, 0.15) is 12.6 Å². The van der Waals surface area contributed by atoms with Gasteiger partial charge in [0.05, 0.1) is 19.4 Å². The Kier molecular flexibility index (Phi) is 2.73. The molecule has 8 nitrogen and oxygen atoms in total. The molecular formula is C10H11F2N5O3. The van der Waals surface area contributed by atoms with Gasteiger partial charge in [-0.15, -0.1) is 0 Å². The average Bonchev–Trinajstić information content (AvgIpc) is 2.93. The number of nitrogen functional groups attached to an aromatic ring is 1. The number of nitrogens with one attached hydrogen (secondary N) is 1. The van der Waals surface area contributed by atoms with Crippen LogP contribution in [0.15, 0.2) is 11.1 Å². The van der Waals surface area contributed by atoms with Crippen molar-refractivity contribution < 1.29 is 18.6 Å². The number of fused-ring (bicyclic) bond motifs is 1. The van der Waals surface area contributed by atoms with Crippen LogP contribution < -0.4 is 11.3 Å². The fourth-order valence-electron chi connectivity index (χ4n) is 2.22. The van der Waals surface area contributed by atoms with E-state index in [4.69, 9.17) is 15.6 Å². The second-order valence-electron chi connectivity index (χ2n) is 4.47. The summed E-state index contributed by atoms with van der Waals surface area (Å²) >= 11 is 0. The molecule has 0 saturated carbocycles. The summed E-state index contributed by atoms with van der Waals surface area (Å²) in [6, 6.07) is 0. The smallest absolute Gasteiger partial charge is 0.283 e. The summed E-state index contributed by atoms with van der Waals surface area (Å²) in [5.74, 6) is -3.51. The average molecular weight is 287 g/mol. The minimum absolute atomic E-state index is 0.0542. The molecule has 3 rings (SSSR count). The molecule has 20 heavy (non-hydrogen) atoms. The van der Waals surface area contributed by atoms with Crippen molar-refractivity contribution in [2.75, 3.05) is 12.3 Å². The number of anilines is 1. The van der Waals surface area contributed by atoms with Gasteiger partial charge >= 0.3 is 0 Å². The standard InChI is InChI=1S/C10H11F2N5O3/c11-10(12)1-5(20-4(10)2-18)17-8(19)6-7(15-3-14-6)16-9(17)13/h3-5,18H,1-2H2,(H2,13,16)(H,14,15)/t4-,5-/m1/s1. The first kappa shape index (κ1) is 12.9. The van der Waals surface area contributed by atoms with Crippen molar-refractivity contribution in [3.8, 4) is 0 Å². The van der Waals surface area contributed by atoms with Gasteiger partial charge in [0.1, 0.15) is 12.3 Å². The first-order chi connectivity index (χ1) is 9.44. The molecule has 108 valence electrons. The Balaban J connectivity index is 2.09. The van der Waals surface area contributed by atoms with Gasteiger partial charge in [0.25, 0.3) is 11.5 Å². The summed E-state index contributed by atoms with van der Waals surface area (Å²) in [7, 11) is 0. The Hall–Kier alpha value is -2.07. The summed E-state index contributed by atoms with van der Waals surface area (Å²) in [6.07, 6.45) is -2.46. The maximum Gasteiger partial charge on any atom is 0.283 e. The number of ether oxygens (including phenoxy) is 1. The van der Waals surface area contributed by atoms with Gasteiger partial charge in [0, 0.05) is 0 Å². The minimum Gasteiger partial charge on any atom is -0.393 e. The maximum absolute atomic E-state index is 13.6. The van der Waals surface area contributed by atoms with E-state index in [1.165, 1.54) is 6.33 Å². The van der Waals surface area contributed by atoms with Gasteiger partial charge in [0.2, 0.25) is 5.95 Å². The van der Waals surface area contributed by atoms with Gasteiger partial charge in [0.15, 0.2) is 11.2 Å². The molecule has 0 bridgehead atoms. The number of rotatable bonds is 2. The van der Waals surface area contributed by atoms with Crippen LogP contribution in [0.2, 0.25) is 0 Å². The number of H-pyrrole nitrogens is 1. The van der Waals surface area contributed by atoms with Crippen LogP contribution in [0, 0.1) is 0 Å². The molecule has 1 aliphatic rings. The number of aromatic nitrogens is 4. The molecule has 10 heteroatoms. The van der Waals surface area contributed by atoms with Crippen LogP contribution >= 0.6 is 0 Å². The van der Waals surface area contributed by atoms with Crippen molar-refractivity contribution in [3.05, 3.63) is 16.7 Å². The Morgan fingerprint density at radius 3 is 3.05 bits per heavy atom. The van der Waals surface area contributed by atoms with Gasteiger partial charge in [-0.3, -0.25) is 4.79 Å². The largest absolute Gasteiger partial charge is 0.393 e. The monoisotopic (exact) mass is 287 g/mol. The van der Waals surface area contributed by atoms with Crippen LogP contribution in [-0.4, -0.2) is 43.3 Å². The third kappa shape index (κ3) is 1.76. The van der Waals surface area contributed by atoms with Crippen molar-refractivity contribution >= 4 is 17.1 Å². The zero-order valence-corrected chi connectivity index (χ0v) is 10.1. The summed E-state index contributed by atoms with van der Waals surface area (Å²) < 4.78 is 33.0. The van der Waals surface area contributed by atoms with Gasteiger partial charge in [-0.2, -0.15) is 4.98 Å². The third-order valence-electron chi connectivity index (χ3n) is 3.21. The Bertz CT molecular complexity index is 712. The number of halogens is 2. The molecule has 0 aliphatic carbocycles. The Morgan fingerprint density at radius 1 is 1.65 bits per heavy atom. The van der Waals surface area contributed by atoms with Gasteiger partial charge < -0.3 is 20.6 Å². The van der Waals surface area contributed by atoms with Gasteiger partial charge in [-0.25, -0.2) is 18.3 Å². The zero-order chi connectivity index (χ0) is 14.5. The fraction of sp³-hybridized carbons (Fsp3) is 0.500. The maximum atomic E-state index is 13.6. The van der Waals surface area contributed by atoms with Crippen LogP contribution in [0.4, 0.5) is 14.7 Å². The molecule has 1 fully saturated rings. The molecule has 0 amide bonds. The highest BCUT2D eigenvalue weighted by molar-refractivity contribution is 5.69. The minimum atomic E-state index is -3.24. The van der Waals surface area contributed by atoms with Crippen LogP contribution in [0.3, 0.4) is 0 Å². The number of nitrogens with zero attached hydrogens (tertiary/aromatic N) is 3. The lowest BCUT2D eigenvalue weighted by atomic mass is 10.2. The van der Waals surface area contributed by atoms with E-state index in [1.807, 2.05) is 0 Å². The number of nitrogens with two attached hydrogens (primary N) is 1.